The molecule has 4 nitrogen and oxygen atoms in total. The van der Waals surface area contributed by atoms with Gasteiger partial charge < -0.3 is 10.2 Å². The van der Waals surface area contributed by atoms with E-state index < -0.39 is 0 Å². The molecule has 2 aromatic heterocycles. The predicted octanol–water partition coefficient (Wildman–Crippen LogP) is 5.45. The molecule has 126 valence electrons. The predicted molar refractivity (Wildman–Crippen MR) is 105 cm³/mol. The Bertz CT molecular complexity index is 843. The third kappa shape index (κ3) is 3.43. The molecule has 0 atom stereocenters. The molecule has 0 spiro atoms. The topological polar surface area (TPSA) is 41.1 Å². The van der Waals surface area contributed by atoms with Crippen molar-refractivity contribution in [1.82, 2.24) is 9.97 Å². The van der Waals surface area contributed by atoms with Crippen LogP contribution in [0.4, 0.5) is 11.8 Å². The van der Waals surface area contributed by atoms with E-state index in [1.165, 1.54) is 0 Å². The molecule has 0 radical (unpaired) electrons. The summed E-state index contributed by atoms with van der Waals surface area (Å²) in [5.41, 5.74) is 1.80. The minimum atomic E-state index is 0.312. The van der Waals surface area contributed by atoms with Crippen molar-refractivity contribution >= 4 is 56.5 Å². The van der Waals surface area contributed by atoms with Crippen molar-refractivity contribution in [2.75, 3.05) is 17.3 Å². The fraction of sp³-hybridized carbons (Fsp3) is 0.294. The van der Waals surface area contributed by atoms with Crippen molar-refractivity contribution in [3.63, 3.8) is 0 Å². The molecule has 0 unspecified atom stereocenters. The summed E-state index contributed by atoms with van der Waals surface area (Å²) in [6.45, 7) is 4.73. The Morgan fingerprint density at radius 3 is 2.54 bits per heavy atom. The molecule has 3 rings (SSSR count). The Hall–Kier alpha value is -1.56. The quantitative estimate of drug-likeness (QED) is 0.638. The van der Waals surface area contributed by atoms with Crippen LogP contribution in [0.3, 0.4) is 0 Å². The minimum Gasteiger partial charge on any atom is -0.365 e. The van der Waals surface area contributed by atoms with Crippen molar-refractivity contribution in [2.24, 2.45) is 0 Å². The van der Waals surface area contributed by atoms with E-state index in [1.54, 1.807) is 11.3 Å². The Morgan fingerprint density at radius 2 is 1.88 bits per heavy atom. The van der Waals surface area contributed by atoms with Crippen LogP contribution in [0, 0.1) is 0 Å². The monoisotopic (exact) mass is 380 g/mol. The number of nitrogens with zero attached hydrogens (tertiary/aromatic N) is 3. The molecule has 1 N–H and O–H groups in total. The summed E-state index contributed by atoms with van der Waals surface area (Å²) in [6, 6.07) is 7.83. The lowest BCUT2D eigenvalue weighted by Crippen LogP contribution is -2.27. The van der Waals surface area contributed by atoms with Gasteiger partial charge in [-0.15, -0.1) is 11.3 Å². The molecule has 3 aromatic rings. The maximum Gasteiger partial charge on any atom is 0.227 e. The van der Waals surface area contributed by atoms with Crippen molar-refractivity contribution in [1.29, 1.82) is 0 Å². The molecule has 1 aromatic carbocycles. The average Bonchev–Trinajstić information content (AvgIpc) is 3.02. The van der Waals surface area contributed by atoms with Crippen LogP contribution in [0.5, 0.6) is 0 Å². The third-order valence-corrected chi connectivity index (χ3v) is 5.49. The number of fused-ring (bicyclic) bond motifs is 1. The highest BCUT2D eigenvalue weighted by molar-refractivity contribution is 7.17. The van der Waals surface area contributed by atoms with Gasteiger partial charge in [0.2, 0.25) is 5.95 Å². The zero-order valence-corrected chi connectivity index (χ0v) is 16.0. The van der Waals surface area contributed by atoms with E-state index in [2.05, 4.69) is 24.1 Å². The van der Waals surface area contributed by atoms with Gasteiger partial charge in [0.25, 0.3) is 0 Å². The second-order valence-electron chi connectivity index (χ2n) is 5.77. The van der Waals surface area contributed by atoms with Gasteiger partial charge in [0.1, 0.15) is 5.82 Å². The van der Waals surface area contributed by atoms with E-state index in [4.69, 9.17) is 28.2 Å². The molecular weight excluding hydrogens is 363 g/mol. The van der Waals surface area contributed by atoms with E-state index >= 15 is 0 Å². The molecule has 0 saturated carbocycles. The molecule has 0 amide bonds. The summed E-state index contributed by atoms with van der Waals surface area (Å²) in [4.78, 5) is 11.4. The molecule has 0 fully saturated rings. The molecule has 0 aliphatic carbocycles. The normalized spacial score (nSPS) is 11.2. The Labute approximate surface area is 155 Å². The van der Waals surface area contributed by atoms with Crippen molar-refractivity contribution < 1.29 is 0 Å². The second kappa shape index (κ2) is 7.13. The Balaban J connectivity index is 1.95. The highest BCUT2D eigenvalue weighted by Gasteiger charge is 2.14. The maximum atomic E-state index is 6.25. The number of rotatable bonds is 5. The summed E-state index contributed by atoms with van der Waals surface area (Å²) in [7, 11) is 1.99. The number of hydrogen-bond acceptors (Lipinski definition) is 5. The first-order valence-electron chi connectivity index (χ1n) is 7.62. The van der Waals surface area contributed by atoms with Gasteiger partial charge in [-0.3, -0.25) is 0 Å². The van der Waals surface area contributed by atoms with E-state index in [1.807, 2.05) is 41.6 Å². The largest absolute Gasteiger partial charge is 0.365 e. The zero-order valence-electron chi connectivity index (χ0n) is 13.7. The lowest BCUT2D eigenvalue weighted by molar-refractivity contribution is 0.732. The van der Waals surface area contributed by atoms with Crippen molar-refractivity contribution in [3.05, 3.63) is 45.3 Å². The highest BCUT2D eigenvalue weighted by atomic mass is 35.5. The lowest BCUT2D eigenvalue weighted by atomic mass is 10.2. The molecule has 0 aliphatic rings. The fourth-order valence-electron chi connectivity index (χ4n) is 2.23. The van der Waals surface area contributed by atoms with E-state index in [0.29, 0.717) is 28.6 Å². The van der Waals surface area contributed by atoms with Gasteiger partial charge in [0.15, 0.2) is 0 Å². The first-order chi connectivity index (χ1) is 11.5. The number of halogens is 2. The fourth-order valence-corrected chi connectivity index (χ4v) is 3.56. The number of thiophene rings is 1. The zero-order chi connectivity index (χ0) is 17.3. The molecule has 0 aliphatic heterocycles. The first-order valence-corrected chi connectivity index (χ1v) is 9.25. The van der Waals surface area contributed by atoms with Crippen molar-refractivity contribution in [2.45, 2.75) is 26.4 Å². The van der Waals surface area contributed by atoms with Crippen LogP contribution in [-0.4, -0.2) is 23.1 Å². The summed E-state index contributed by atoms with van der Waals surface area (Å²) >= 11 is 14.1. The van der Waals surface area contributed by atoms with Crippen LogP contribution in [0.15, 0.2) is 29.6 Å². The summed E-state index contributed by atoms with van der Waals surface area (Å²) < 4.78 is 1.03. The number of aromatic nitrogens is 2. The smallest absolute Gasteiger partial charge is 0.227 e. The number of anilines is 2. The maximum absolute atomic E-state index is 6.25. The van der Waals surface area contributed by atoms with Crippen LogP contribution in [0.2, 0.25) is 10.0 Å². The van der Waals surface area contributed by atoms with Gasteiger partial charge in [-0.05, 0) is 37.4 Å². The Kier molecular flexibility index (Phi) is 5.13. The average molecular weight is 381 g/mol. The van der Waals surface area contributed by atoms with Crippen LogP contribution >= 0.6 is 34.5 Å². The second-order valence-corrected chi connectivity index (χ2v) is 7.50. The standard InChI is InChI=1S/C17H18Cl2N4S/c1-10(2)23(3)17-21-14-7-8-24-15(14)16(22-17)20-9-11-12(18)5-4-6-13(11)19/h4-8,10H,9H2,1-3H3,(H,20,21,22). The van der Waals surface area contributed by atoms with Crippen LogP contribution < -0.4 is 10.2 Å². The lowest BCUT2D eigenvalue weighted by Gasteiger charge is -2.22. The number of hydrogen-bond donors (Lipinski definition) is 1. The SMILES string of the molecule is CC(C)N(C)c1nc(NCc2c(Cl)cccc2Cl)c2sccc2n1. The van der Waals surface area contributed by atoms with Crippen LogP contribution in [0.1, 0.15) is 19.4 Å². The summed E-state index contributed by atoms with van der Waals surface area (Å²) in [6.07, 6.45) is 0. The van der Waals surface area contributed by atoms with Gasteiger partial charge in [-0.1, -0.05) is 29.3 Å². The molecule has 7 heteroatoms. The highest BCUT2D eigenvalue weighted by Crippen LogP contribution is 2.30. The minimum absolute atomic E-state index is 0.312. The van der Waals surface area contributed by atoms with E-state index in [9.17, 15) is 0 Å². The summed E-state index contributed by atoms with van der Waals surface area (Å²) in [5.74, 6) is 1.50. The van der Waals surface area contributed by atoms with Gasteiger partial charge in [-0.25, -0.2) is 4.98 Å². The first kappa shape index (κ1) is 17.3. The van der Waals surface area contributed by atoms with Crippen LogP contribution in [-0.2, 0) is 6.54 Å². The van der Waals surface area contributed by atoms with E-state index in [-0.39, 0.29) is 0 Å². The summed E-state index contributed by atoms with van der Waals surface area (Å²) in [5, 5.41) is 6.68. The number of nitrogens with one attached hydrogen (secondary N) is 1. The molecule has 0 saturated heterocycles. The molecular formula is C17H18Cl2N4S. The van der Waals surface area contributed by atoms with E-state index in [0.717, 1.165) is 21.6 Å². The van der Waals surface area contributed by atoms with Gasteiger partial charge >= 0.3 is 0 Å². The third-order valence-electron chi connectivity index (χ3n) is 3.88. The molecule has 0 bridgehead atoms. The number of benzene rings is 1. The van der Waals surface area contributed by atoms with Gasteiger partial charge in [0.05, 0.1) is 10.2 Å². The molecule has 24 heavy (non-hydrogen) atoms. The van der Waals surface area contributed by atoms with Gasteiger partial charge in [0, 0.05) is 35.2 Å². The van der Waals surface area contributed by atoms with Crippen LogP contribution in [0.25, 0.3) is 10.2 Å². The van der Waals surface area contributed by atoms with Gasteiger partial charge in [-0.2, -0.15) is 4.98 Å². The Morgan fingerprint density at radius 1 is 1.17 bits per heavy atom. The van der Waals surface area contributed by atoms with Crippen molar-refractivity contribution in [3.8, 4) is 0 Å². The molecule has 2 heterocycles.